The monoisotopic (exact) mass is 542 g/mol. The third kappa shape index (κ3) is 5.76. The molecule has 2 atom stereocenters. The Bertz CT molecular complexity index is 1330. The summed E-state index contributed by atoms with van der Waals surface area (Å²) in [6.45, 7) is 6.56. The molecule has 4 N–H and O–H groups in total. The topological polar surface area (TPSA) is 135 Å². The number of aliphatic imine (C=N–C) groups is 1. The number of nitrogens with two attached hydrogens (primary N) is 1. The summed E-state index contributed by atoms with van der Waals surface area (Å²) in [5.41, 5.74) is 9.21. The van der Waals surface area contributed by atoms with Crippen LogP contribution in [-0.2, 0) is 9.59 Å². The van der Waals surface area contributed by atoms with Crippen molar-refractivity contribution in [3.8, 4) is 5.00 Å². The molecular weight excluding hydrogens is 512 g/mol. The van der Waals surface area contributed by atoms with E-state index in [0.29, 0.717) is 36.1 Å². The van der Waals surface area contributed by atoms with Gasteiger partial charge in [-0.3, -0.25) is 14.4 Å². The Balaban J connectivity index is 1.70. The van der Waals surface area contributed by atoms with Crippen molar-refractivity contribution in [3.63, 3.8) is 0 Å². The van der Waals surface area contributed by atoms with Gasteiger partial charge in [-0.05, 0) is 57.9 Å². The first-order chi connectivity index (χ1) is 17.7. The summed E-state index contributed by atoms with van der Waals surface area (Å²) < 4.78 is 1.96. The predicted molar refractivity (Wildman–Crippen MR) is 145 cm³/mol. The number of benzene rings is 1. The van der Waals surface area contributed by atoms with Crippen molar-refractivity contribution in [1.29, 1.82) is 0 Å². The van der Waals surface area contributed by atoms with Crippen LogP contribution in [0.2, 0.25) is 5.02 Å². The summed E-state index contributed by atoms with van der Waals surface area (Å²) >= 11 is 7.78. The quantitative estimate of drug-likeness (QED) is 0.327. The zero-order valence-corrected chi connectivity index (χ0v) is 22.7. The Kier molecular flexibility index (Phi) is 8.41. The molecule has 0 spiro atoms. The number of carboxylic acids is 1. The molecule has 37 heavy (non-hydrogen) atoms. The Morgan fingerprint density at radius 3 is 2.57 bits per heavy atom. The third-order valence-corrected chi connectivity index (χ3v) is 8.01. The van der Waals surface area contributed by atoms with E-state index in [2.05, 4.69) is 29.4 Å². The van der Waals surface area contributed by atoms with Gasteiger partial charge in [0.15, 0.2) is 5.82 Å². The van der Waals surface area contributed by atoms with Crippen molar-refractivity contribution in [2.75, 3.05) is 6.54 Å². The molecule has 1 amide bonds. The van der Waals surface area contributed by atoms with Crippen molar-refractivity contribution < 1.29 is 14.7 Å². The number of fused-ring (bicyclic) bond motifs is 3. The molecule has 3 aromatic rings. The largest absolute Gasteiger partial charge is 0.480 e. The number of aliphatic carboxylic acids is 1. The van der Waals surface area contributed by atoms with Gasteiger partial charge in [0.05, 0.1) is 12.1 Å². The number of nitrogens with zero attached hydrogens (tertiary/aromatic N) is 4. The number of thiophene rings is 1. The molecule has 0 bridgehead atoms. The average molecular weight is 543 g/mol. The summed E-state index contributed by atoms with van der Waals surface area (Å²) in [6, 6.07) is 5.83. The molecule has 0 aliphatic carbocycles. The maximum atomic E-state index is 13.1. The minimum atomic E-state index is -1.06. The van der Waals surface area contributed by atoms with Crippen molar-refractivity contribution >= 4 is 40.5 Å². The average Bonchev–Trinajstić information content (AvgIpc) is 3.33. The molecular formula is C26H31ClN6O3S. The molecule has 1 aliphatic rings. The lowest BCUT2D eigenvalue weighted by Gasteiger charge is -2.17. The summed E-state index contributed by atoms with van der Waals surface area (Å²) in [4.78, 5) is 31.1. The van der Waals surface area contributed by atoms with E-state index < -0.39 is 24.0 Å². The van der Waals surface area contributed by atoms with Crippen molar-refractivity contribution in [3.05, 3.63) is 62.5 Å². The van der Waals surface area contributed by atoms with Gasteiger partial charge in [0.2, 0.25) is 5.91 Å². The van der Waals surface area contributed by atoms with Gasteiger partial charge >= 0.3 is 5.97 Å². The van der Waals surface area contributed by atoms with Crippen LogP contribution in [0.3, 0.4) is 0 Å². The van der Waals surface area contributed by atoms with Gasteiger partial charge in [-0.25, -0.2) is 4.79 Å². The number of aryl methyl sites for hydroxylation is 2. The van der Waals surface area contributed by atoms with E-state index in [1.165, 1.54) is 0 Å². The third-order valence-electron chi connectivity index (χ3n) is 6.57. The van der Waals surface area contributed by atoms with Crippen LogP contribution < -0.4 is 11.1 Å². The minimum absolute atomic E-state index is 0.0607. The van der Waals surface area contributed by atoms with Crippen LogP contribution in [0, 0.1) is 20.8 Å². The second kappa shape index (κ2) is 11.5. The number of halogens is 1. The van der Waals surface area contributed by atoms with E-state index in [0.717, 1.165) is 45.1 Å². The second-order valence-corrected chi connectivity index (χ2v) is 10.8. The number of carboxylic acid groups (broad SMARTS) is 1. The molecule has 2 aromatic heterocycles. The maximum absolute atomic E-state index is 13.1. The smallest absolute Gasteiger partial charge is 0.326 e. The van der Waals surface area contributed by atoms with Crippen LogP contribution in [0.5, 0.6) is 0 Å². The molecule has 0 fully saturated rings. The summed E-state index contributed by atoms with van der Waals surface area (Å²) in [5, 5.41) is 22.6. The SMILES string of the molecule is Cc1sc2c(c1C)C(c1ccc(Cl)cc1)=N[C@@H](CC(=O)NC(CCCCCN)C(=O)O)c1nnc(C)n1-2. The lowest BCUT2D eigenvalue weighted by molar-refractivity contribution is -0.142. The van der Waals surface area contributed by atoms with Crippen molar-refractivity contribution in [1.82, 2.24) is 20.1 Å². The molecule has 196 valence electrons. The fourth-order valence-electron chi connectivity index (χ4n) is 4.49. The summed E-state index contributed by atoms with van der Waals surface area (Å²) in [5.74, 6) is -0.215. The van der Waals surface area contributed by atoms with E-state index in [-0.39, 0.29) is 6.42 Å². The summed E-state index contributed by atoms with van der Waals surface area (Å²) in [7, 11) is 0. The molecule has 9 nitrogen and oxygen atoms in total. The zero-order chi connectivity index (χ0) is 26.7. The van der Waals surface area contributed by atoms with Gasteiger partial charge in [-0.2, -0.15) is 0 Å². The molecule has 0 radical (unpaired) electrons. The second-order valence-electron chi connectivity index (χ2n) is 9.21. The molecule has 1 unspecified atom stereocenters. The Labute approximate surface area is 224 Å². The van der Waals surface area contributed by atoms with Gasteiger partial charge in [0.25, 0.3) is 0 Å². The highest BCUT2D eigenvalue weighted by Crippen LogP contribution is 2.39. The van der Waals surface area contributed by atoms with Crippen molar-refractivity contribution in [2.45, 2.75) is 65.0 Å². The molecule has 4 rings (SSSR count). The highest BCUT2D eigenvalue weighted by atomic mass is 35.5. The zero-order valence-electron chi connectivity index (χ0n) is 21.1. The number of unbranched alkanes of at least 4 members (excludes halogenated alkanes) is 2. The number of carbonyl (C=O) groups excluding carboxylic acids is 1. The van der Waals surface area contributed by atoms with Gasteiger partial charge in [-0.15, -0.1) is 21.5 Å². The number of hydrogen-bond acceptors (Lipinski definition) is 7. The predicted octanol–water partition coefficient (Wildman–Crippen LogP) is 4.28. The first-order valence-corrected chi connectivity index (χ1v) is 13.5. The molecule has 11 heteroatoms. The fraction of sp³-hybridized carbons (Fsp3) is 0.423. The first kappa shape index (κ1) is 27.0. The van der Waals surface area contributed by atoms with Gasteiger partial charge in [0.1, 0.15) is 22.9 Å². The van der Waals surface area contributed by atoms with Gasteiger partial charge in [-0.1, -0.05) is 36.6 Å². The van der Waals surface area contributed by atoms with Crippen LogP contribution in [0.25, 0.3) is 5.00 Å². The van der Waals surface area contributed by atoms with E-state index in [1.54, 1.807) is 11.3 Å². The number of nitrogens with one attached hydrogen (secondary N) is 1. The molecule has 0 saturated carbocycles. The van der Waals surface area contributed by atoms with Crippen LogP contribution in [0.1, 0.15) is 71.4 Å². The van der Waals surface area contributed by atoms with Gasteiger partial charge < -0.3 is 16.2 Å². The molecule has 1 aromatic carbocycles. The van der Waals surface area contributed by atoms with E-state index >= 15 is 0 Å². The van der Waals surface area contributed by atoms with E-state index in [9.17, 15) is 14.7 Å². The summed E-state index contributed by atoms with van der Waals surface area (Å²) in [6.07, 6.45) is 2.59. The lowest BCUT2D eigenvalue weighted by Crippen LogP contribution is -2.41. The van der Waals surface area contributed by atoms with Crippen LogP contribution >= 0.6 is 22.9 Å². The minimum Gasteiger partial charge on any atom is -0.480 e. The van der Waals surface area contributed by atoms with Crippen molar-refractivity contribution in [2.24, 2.45) is 10.7 Å². The van der Waals surface area contributed by atoms with E-state index in [1.807, 2.05) is 35.8 Å². The maximum Gasteiger partial charge on any atom is 0.326 e. The molecule has 3 heterocycles. The number of carbonyl (C=O) groups is 2. The highest BCUT2D eigenvalue weighted by molar-refractivity contribution is 7.15. The van der Waals surface area contributed by atoms with Crippen LogP contribution in [-0.4, -0.2) is 50.0 Å². The Morgan fingerprint density at radius 2 is 1.89 bits per heavy atom. The van der Waals surface area contributed by atoms with Gasteiger partial charge in [0, 0.05) is 21.0 Å². The lowest BCUT2D eigenvalue weighted by atomic mass is 9.99. The van der Waals surface area contributed by atoms with Crippen LogP contribution in [0.4, 0.5) is 0 Å². The normalized spacial score (nSPS) is 15.4. The number of hydrogen-bond donors (Lipinski definition) is 3. The fourth-order valence-corrected chi connectivity index (χ4v) is 5.83. The number of amides is 1. The Morgan fingerprint density at radius 1 is 1.16 bits per heavy atom. The Hall–Kier alpha value is -3.08. The number of rotatable bonds is 10. The standard InChI is InChI=1S/C26H31ClN6O3S/c1-14-15(2)37-25-22(14)23(17-8-10-18(27)11-9-17)30-20(24-32-31-16(3)33(24)25)13-21(34)29-19(26(35)36)7-5-4-6-12-28/h8-11,19-20H,4-7,12-13,28H2,1-3H3,(H,29,34)(H,35,36)/t19?,20-/m0/s1. The highest BCUT2D eigenvalue weighted by Gasteiger charge is 2.33. The van der Waals surface area contributed by atoms with E-state index in [4.69, 9.17) is 22.3 Å². The molecule has 1 aliphatic heterocycles. The molecule has 0 saturated heterocycles. The number of aromatic nitrogens is 3. The van der Waals surface area contributed by atoms with Crippen LogP contribution in [0.15, 0.2) is 29.3 Å². The first-order valence-electron chi connectivity index (χ1n) is 12.3.